The Morgan fingerprint density at radius 1 is 1.24 bits per heavy atom. The van der Waals surface area contributed by atoms with Crippen molar-refractivity contribution in [3.63, 3.8) is 0 Å². The zero-order valence-electron chi connectivity index (χ0n) is 10.3. The Balaban J connectivity index is 2.25. The number of ketones is 1. The molecule has 1 aromatic carbocycles. The maximum Gasteiger partial charge on any atom is 0.315 e. The molecule has 0 radical (unpaired) electrons. The molecule has 3 heteroatoms. The van der Waals surface area contributed by atoms with E-state index in [1.165, 1.54) is 5.46 Å². The number of allylic oxidation sites excluding steroid dienone is 2. The van der Waals surface area contributed by atoms with Crippen LogP contribution in [-0.4, -0.2) is 24.0 Å². The predicted molar refractivity (Wildman–Crippen MR) is 72.5 cm³/mol. The van der Waals surface area contributed by atoms with E-state index in [-0.39, 0.29) is 12.6 Å². The topological polar surface area (TPSA) is 20.3 Å². The molecule has 0 saturated heterocycles. The monoisotopic (exact) mass is 225 g/mol. The number of benzene rings is 1. The van der Waals surface area contributed by atoms with Crippen LogP contribution in [-0.2, 0) is 0 Å². The number of hydrogen-bond donors (Lipinski definition) is 0. The summed E-state index contributed by atoms with van der Waals surface area (Å²) >= 11 is 0. The van der Waals surface area contributed by atoms with Crippen molar-refractivity contribution in [2.45, 2.75) is 13.8 Å². The van der Waals surface area contributed by atoms with Gasteiger partial charge in [0.1, 0.15) is 0 Å². The smallest absolute Gasteiger partial charge is 0.315 e. The largest absolute Gasteiger partial charge is 0.413 e. The van der Waals surface area contributed by atoms with E-state index in [9.17, 15) is 4.79 Å². The van der Waals surface area contributed by atoms with Gasteiger partial charge in [-0.3, -0.25) is 4.79 Å². The second kappa shape index (κ2) is 5.04. The Morgan fingerprint density at radius 3 is 2.53 bits per heavy atom. The summed E-state index contributed by atoms with van der Waals surface area (Å²) in [5.74, 6) is 2.29. The van der Waals surface area contributed by atoms with E-state index in [2.05, 4.69) is 30.0 Å². The van der Waals surface area contributed by atoms with Gasteiger partial charge in [-0.25, -0.2) is 0 Å². The molecule has 1 heterocycles. The van der Waals surface area contributed by atoms with Gasteiger partial charge in [0.05, 0.1) is 0 Å². The highest BCUT2D eigenvalue weighted by Crippen LogP contribution is 2.06. The van der Waals surface area contributed by atoms with Crippen LogP contribution < -0.4 is 5.46 Å². The molecule has 0 amide bonds. The Hall–Kier alpha value is -1.77. The Morgan fingerprint density at radius 2 is 1.94 bits per heavy atom. The number of rotatable bonds is 3. The first-order valence-electron chi connectivity index (χ1n) is 5.94. The Kier molecular flexibility index (Phi) is 3.47. The van der Waals surface area contributed by atoms with Crippen molar-refractivity contribution >= 4 is 18.1 Å². The zero-order valence-corrected chi connectivity index (χ0v) is 10.3. The molecule has 0 atom stereocenters. The first kappa shape index (κ1) is 11.7. The van der Waals surface area contributed by atoms with Crippen molar-refractivity contribution in [1.82, 2.24) is 4.81 Å². The molecule has 0 saturated carbocycles. The highest BCUT2D eigenvalue weighted by molar-refractivity contribution is 6.75. The number of carbonyl (C=O) groups is 1. The summed E-state index contributed by atoms with van der Waals surface area (Å²) in [6, 6.07) is 7.87. The summed E-state index contributed by atoms with van der Waals surface area (Å²) in [7, 11) is 0. The van der Waals surface area contributed by atoms with E-state index < -0.39 is 0 Å². The second-order valence-corrected chi connectivity index (χ2v) is 4.18. The summed E-state index contributed by atoms with van der Waals surface area (Å²) in [6.45, 7) is 4.99. The molecule has 2 nitrogen and oxygen atoms in total. The van der Waals surface area contributed by atoms with Crippen molar-refractivity contribution in [2.75, 3.05) is 6.54 Å². The van der Waals surface area contributed by atoms with E-state index >= 15 is 0 Å². The van der Waals surface area contributed by atoms with Gasteiger partial charge in [-0.2, -0.15) is 0 Å². The molecule has 0 spiro atoms. The molecule has 1 aliphatic heterocycles. The minimum Gasteiger partial charge on any atom is -0.413 e. The lowest BCUT2D eigenvalue weighted by Crippen LogP contribution is -2.45. The van der Waals surface area contributed by atoms with Crippen molar-refractivity contribution < 1.29 is 4.79 Å². The molecule has 0 aliphatic carbocycles. The van der Waals surface area contributed by atoms with Crippen LogP contribution in [0.3, 0.4) is 0 Å². The molecule has 0 fully saturated rings. The summed E-state index contributed by atoms with van der Waals surface area (Å²) in [5.41, 5.74) is 1.99. The standard InChI is InChI=1S/C14H16BNO/c1-3-16-11-5-4-10-15(16)14-8-6-13(7-9-14)12(2)17/h4-11H,3H2,1-2H3. The number of Topliss-reactive ketones (excluding diaryl/α,β-unsaturated/α-hetero) is 1. The summed E-state index contributed by atoms with van der Waals surface area (Å²) in [4.78, 5) is 13.5. The van der Waals surface area contributed by atoms with Gasteiger partial charge in [-0.05, 0) is 26.1 Å². The number of hydrogen-bond acceptors (Lipinski definition) is 2. The van der Waals surface area contributed by atoms with Crippen molar-refractivity contribution in [3.05, 3.63) is 54.2 Å². The third-order valence-electron chi connectivity index (χ3n) is 3.06. The summed E-state index contributed by atoms with van der Waals surface area (Å²) in [6.07, 6.45) is 6.21. The van der Waals surface area contributed by atoms with Gasteiger partial charge < -0.3 is 4.81 Å². The normalized spacial score (nSPS) is 14.2. The highest BCUT2D eigenvalue weighted by Gasteiger charge is 2.20. The molecular formula is C14H16BNO. The summed E-state index contributed by atoms with van der Waals surface area (Å²) in [5, 5.41) is 0. The molecule has 86 valence electrons. The average molecular weight is 225 g/mol. The molecule has 0 N–H and O–H groups in total. The number of carbonyl (C=O) groups excluding carboxylic acids is 1. The van der Waals surface area contributed by atoms with Crippen LogP contribution in [0.4, 0.5) is 0 Å². The van der Waals surface area contributed by atoms with Gasteiger partial charge in [-0.15, -0.1) is 0 Å². The van der Waals surface area contributed by atoms with Gasteiger partial charge in [0.2, 0.25) is 0 Å². The van der Waals surface area contributed by atoms with Crippen LogP contribution in [0.1, 0.15) is 24.2 Å². The van der Waals surface area contributed by atoms with Crippen LogP contribution in [0.15, 0.2) is 48.6 Å². The van der Waals surface area contributed by atoms with Gasteiger partial charge in [0, 0.05) is 12.1 Å². The molecule has 0 aromatic heterocycles. The van der Waals surface area contributed by atoms with Crippen LogP contribution >= 0.6 is 0 Å². The van der Waals surface area contributed by atoms with E-state index in [1.807, 2.05) is 30.3 Å². The minimum atomic E-state index is 0.114. The molecule has 1 aliphatic rings. The van der Waals surface area contributed by atoms with Gasteiger partial charge in [-0.1, -0.05) is 41.8 Å². The van der Waals surface area contributed by atoms with E-state index in [0.717, 1.165) is 12.1 Å². The van der Waals surface area contributed by atoms with Crippen LogP contribution in [0, 0.1) is 0 Å². The van der Waals surface area contributed by atoms with Crippen molar-refractivity contribution in [2.24, 2.45) is 0 Å². The van der Waals surface area contributed by atoms with Gasteiger partial charge in [0.15, 0.2) is 5.78 Å². The quantitative estimate of drug-likeness (QED) is 0.579. The maximum atomic E-state index is 11.2. The van der Waals surface area contributed by atoms with E-state index in [4.69, 9.17) is 0 Å². The second-order valence-electron chi connectivity index (χ2n) is 4.18. The lowest BCUT2D eigenvalue weighted by molar-refractivity contribution is 0.101. The van der Waals surface area contributed by atoms with Crippen LogP contribution in [0.2, 0.25) is 0 Å². The van der Waals surface area contributed by atoms with Crippen LogP contribution in [0.5, 0.6) is 0 Å². The fraction of sp³-hybridized carbons (Fsp3) is 0.214. The van der Waals surface area contributed by atoms with E-state index in [0.29, 0.717) is 0 Å². The molecule has 17 heavy (non-hydrogen) atoms. The molecular weight excluding hydrogens is 209 g/mol. The minimum absolute atomic E-state index is 0.114. The Labute approximate surface area is 103 Å². The Bertz CT molecular complexity index is 462. The molecule has 0 unspecified atom stereocenters. The number of nitrogens with zero attached hydrogens (tertiary/aromatic N) is 1. The predicted octanol–water partition coefficient (Wildman–Crippen LogP) is 2.03. The molecule has 2 rings (SSSR count). The lowest BCUT2D eigenvalue weighted by Gasteiger charge is -2.26. The molecule has 1 aromatic rings. The average Bonchev–Trinajstić information content (AvgIpc) is 2.39. The van der Waals surface area contributed by atoms with Crippen LogP contribution in [0.25, 0.3) is 0 Å². The zero-order chi connectivity index (χ0) is 12.3. The van der Waals surface area contributed by atoms with Crippen molar-refractivity contribution in [1.29, 1.82) is 0 Å². The third-order valence-corrected chi connectivity index (χ3v) is 3.06. The summed E-state index contributed by atoms with van der Waals surface area (Å²) < 4.78 is 0. The fourth-order valence-corrected chi connectivity index (χ4v) is 2.05. The first-order chi connectivity index (χ1) is 8.22. The van der Waals surface area contributed by atoms with E-state index in [1.54, 1.807) is 6.92 Å². The third kappa shape index (κ3) is 2.49. The lowest BCUT2D eigenvalue weighted by atomic mass is 9.53. The van der Waals surface area contributed by atoms with Gasteiger partial charge in [0.25, 0.3) is 0 Å². The van der Waals surface area contributed by atoms with Crippen molar-refractivity contribution in [3.8, 4) is 0 Å². The highest BCUT2D eigenvalue weighted by atomic mass is 16.1. The molecule has 0 bridgehead atoms. The fourth-order valence-electron chi connectivity index (χ4n) is 2.05. The van der Waals surface area contributed by atoms with Gasteiger partial charge >= 0.3 is 6.85 Å². The first-order valence-corrected chi connectivity index (χ1v) is 5.94. The maximum absolute atomic E-state index is 11.2. The SMILES string of the molecule is CCN1C=CC=CB1c1ccc(C(C)=O)cc1.